The molecule has 5 nitrogen and oxygen atoms in total. The van der Waals surface area contributed by atoms with Gasteiger partial charge < -0.3 is 9.84 Å². The summed E-state index contributed by atoms with van der Waals surface area (Å²) in [5.74, 6) is 1.51. The number of para-hydroxylation sites is 1. The number of carboxylic acid groups (broad SMARTS) is 1. The lowest BCUT2D eigenvalue weighted by molar-refractivity contribution is 0.121. The number of benzene rings is 1. The normalized spacial score (nSPS) is 30.9. The highest BCUT2D eigenvalue weighted by Gasteiger charge is 2.51. The standard InChI is InChI=1S/C18H18F2N2O3/c1-22(9-15(25-18(23)24)16(21-22)17(19)20)14-5-3-2-4-11(14)13-8-12(13)10-6-7-10/h2-5,9-10,12-13,17H,6-8H2,1H3/p+1. The highest BCUT2D eigenvalue weighted by Crippen LogP contribution is 2.61. The lowest BCUT2D eigenvalue weighted by Crippen LogP contribution is -2.32. The molecule has 1 N–H and O–H groups in total. The number of rotatable bonds is 5. The van der Waals surface area contributed by atoms with Gasteiger partial charge in [-0.05, 0) is 37.0 Å². The average Bonchev–Trinajstić information content (AvgIpc) is 3.43. The van der Waals surface area contributed by atoms with Crippen molar-refractivity contribution in [3.05, 3.63) is 41.8 Å². The van der Waals surface area contributed by atoms with Crippen LogP contribution in [0.4, 0.5) is 19.3 Å². The smallest absolute Gasteiger partial charge is 0.449 e. The number of carbonyl (C=O) groups is 1. The molecule has 3 aliphatic rings. The molecule has 0 radical (unpaired) electrons. The van der Waals surface area contributed by atoms with Crippen LogP contribution in [0.1, 0.15) is 30.7 Å². The summed E-state index contributed by atoms with van der Waals surface area (Å²) in [5.41, 5.74) is 1.26. The lowest BCUT2D eigenvalue weighted by Gasteiger charge is -2.22. The number of alkyl halides is 2. The zero-order valence-electron chi connectivity index (χ0n) is 13.7. The largest absolute Gasteiger partial charge is 0.511 e. The van der Waals surface area contributed by atoms with E-state index in [0.29, 0.717) is 11.8 Å². The van der Waals surface area contributed by atoms with Crippen molar-refractivity contribution in [1.82, 2.24) is 4.59 Å². The molecule has 0 spiro atoms. The van der Waals surface area contributed by atoms with Crippen molar-refractivity contribution < 1.29 is 23.4 Å². The topological polar surface area (TPSA) is 58.9 Å². The van der Waals surface area contributed by atoms with Crippen LogP contribution in [0.15, 0.2) is 41.3 Å². The van der Waals surface area contributed by atoms with Crippen molar-refractivity contribution in [1.29, 1.82) is 0 Å². The molecule has 1 aromatic carbocycles. The molecule has 1 heterocycles. The minimum absolute atomic E-state index is 0.258. The highest BCUT2D eigenvalue weighted by atomic mass is 19.3. The van der Waals surface area contributed by atoms with Crippen molar-refractivity contribution >= 4 is 17.6 Å². The zero-order valence-corrected chi connectivity index (χ0v) is 13.7. The first kappa shape index (κ1) is 16.2. The maximum atomic E-state index is 13.3. The predicted molar refractivity (Wildman–Crippen MR) is 88.4 cm³/mol. The van der Waals surface area contributed by atoms with E-state index in [-0.39, 0.29) is 4.59 Å². The molecule has 2 saturated carbocycles. The second-order valence-electron chi connectivity index (χ2n) is 7.08. The molecule has 7 heteroatoms. The van der Waals surface area contributed by atoms with Gasteiger partial charge in [0.2, 0.25) is 11.5 Å². The van der Waals surface area contributed by atoms with Gasteiger partial charge in [-0.15, -0.1) is 4.59 Å². The molecule has 3 unspecified atom stereocenters. The molecule has 1 aromatic rings. The number of hydrogen-bond donors (Lipinski definition) is 1. The maximum absolute atomic E-state index is 13.3. The summed E-state index contributed by atoms with van der Waals surface area (Å²) >= 11 is 0. The van der Waals surface area contributed by atoms with Crippen molar-refractivity contribution in [3.8, 4) is 0 Å². The van der Waals surface area contributed by atoms with Gasteiger partial charge in [0.1, 0.15) is 7.05 Å². The fourth-order valence-electron chi connectivity index (χ4n) is 3.87. The molecule has 132 valence electrons. The van der Waals surface area contributed by atoms with Crippen LogP contribution in [0.5, 0.6) is 0 Å². The summed E-state index contributed by atoms with van der Waals surface area (Å²) in [6, 6.07) is 7.68. The first-order valence-corrected chi connectivity index (χ1v) is 8.37. The van der Waals surface area contributed by atoms with E-state index in [9.17, 15) is 13.6 Å². The van der Waals surface area contributed by atoms with E-state index in [0.717, 1.165) is 23.6 Å². The Balaban J connectivity index is 1.71. The molecule has 4 rings (SSSR count). The van der Waals surface area contributed by atoms with E-state index in [2.05, 4.69) is 9.84 Å². The van der Waals surface area contributed by atoms with Crippen LogP contribution in [0.25, 0.3) is 0 Å². The minimum atomic E-state index is -2.90. The van der Waals surface area contributed by atoms with Gasteiger partial charge in [-0.3, -0.25) is 0 Å². The summed E-state index contributed by atoms with van der Waals surface area (Å²) in [4.78, 5) is 10.8. The Morgan fingerprint density at radius 3 is 2.72 bits per heavy atom. The zero-order chi connectivity index (χ0) is 17.8. The summed E-state index contributed by atoms with van der Waals surface area (Å²) in [5, 5.41) is 12.9. The van der Waals surface area contributed by atoms with Gasteiger partial charge >= 0.3 is 6.16 Å². The molecular weight excluding hydrogens is 330 g/mol. The molecule has 0 amide bonds. The lowest BCUT2D eigenvalue weighted by atomic mass is 10.0. The van der Waals surface area contributed by atoms with E-state index in [1.54, 1.807) is 7.05 Å². The number of hydrogen-bond acceptors (Lipinski definition) is 3. The van der Waals surface area contributed by atoms with Crippen LogP contribution < -0.4 is 4.59 Å². The second kappa shape index (κ2) is 5.62. The molecule has 25 heavy (non-hydrogen) atoms. The number of quaternary nitrogens is 1. The maximum Gasteiger partial charge on any atom is 0.511 e. The van der Waals surface area contributed by atoms with E-state index in [1.807, 2.05) is 24.3 Å². The Labute approximate surface area is 143 Å². The van der Waals surface area contributed by atoms with Gasteiger partial charge in [0.15, 0.2) is 11.9 Å². The molecule has 2 aliphatic carbocycles. The third-order valence-electron chi connectivity index (χ3n) is 5.23. The summed E-state index contributed by atoms with van der Waals surface area (Å²) in [6.45, 7) is 0. The average molecular weight is 349 g/mol. The summed E-state index contributed by atoms with van der Waals surface area (Å²) < 4.78 is 30.9. The highest BCUT2D eigenvalue weighted by molar-refractivity contribution is 6.04. The second-order valence-corrected chi connectivity index (χ2v) is 7.08. The molecule has 1 aliphatic heterocycles. The Morgan fingerprint density at radius 1 is 1.36 bits per heavy atom. The summed E-state index contributed by atoms with van der Waals surface area (Å²) in [7, 11) is 1.66. The van der Waals surface area contributed by atoms with Crippen LogP contribution in [0, 0.1) is 11.8 Å². The molecule has 0 bridgehead atoms. The predicted octanol–water partition coefficient (Wildman–Crippen LogP) is 4.31. The Kier molecular flexibility index (Phi) is 3.64. The van der Waals surface area contributed by atoms with Gasteiger partial charge in [-0.1, -0.05) is 23.3 Å². The van der Waals surface area contributed by atoms with Gasteiger partial charge in [-0.25, -0.2) is 13.6 Å². The van der Waals surface area contributed by atoms with Crippen molar-refractivity contribution in [2.45, 2.75) is 31.6 Å². The van der Waals surface area contributed by atoms with Gasteiger partial charge in [0.05, 0.1) is 0 Å². The first-order chi connectivity index (χ1) is 11.9. The quantitative estimate of drug-likeness (QED) is 0.637. The van der Waals surface area contributed by atoms with Crippen LogP contribution in [-0.2, 0) is 4.74 Å². The molecule has 3 atom stereocenters. The number of nitrogens with zero attached hydrogens (tertiary/aromatic N) is 2. The number of halogens is 2. The van der Waals surface area contributed by atoms with Crippen LogP contribution in [0.2, 0.25) is 0 Å². The third kappa shape index (κ3) is 2.93. The van der Waals surface area contributed by atoms with Crippen molar-refractivity contribution in [2.75, 3.05) is 7.05 Å². The Hall–Kier alpha value is -2.28. The molecular formula is C18H19F2N2O3+. The van der Waals surface area contributed by atoms with E-state index in [1.165, 1.54) is 19.0 Å². The fourth-order valence-corrected chi connectivity index (χ4v) is 3.87. The van der Waals surface area contributed by atoms with Gasteiger partial charge in [0.25, 0.3) is 6.43 Å². The van der Waals surface area contributed by atoms with Crippen molar-refractivity contribution in [2.24, 2.45) is 16.9 Å². The molecule has 0 aromatic heterocycles. The number of ether oxygens (including phenoxy) is 1. The van der Waals surface area contributed by atoms with E-state index in [4.69, 9.17) is 5.11 Å². The Bertz CT molecular complexity index is 788. The SMILES string of the molecule is C[N+]1(c2ccccc2C2CC2C2CC2)C=C(OC(=O)O)C(C(F)F)=N1. The van der Waals surface area contributed by atoms with Crippen molar-refractivity contribution in [3.63, 3.8) is 0 Å². The monoisotopic (exact) mass is 349 g/mol. The fraction of sp³-hybridized carbons (Fsp3) is 0.444. The number of allylic oxidation sites excluding steroid dienone is 1. The van der Waals surface area contributed by atoms with E-state index >= 15 is 0 Å². The van der Waals surface area contributed by atoms with Gasteiger partial charge in [0, 0.05) is 11.6 Å². The molecule has 2 fully saturated rings. The van der Waals surface area contributed by atoms with E-state index < -0.39 is 24.1 Å². The van der Waals surface area contributed by atoms with Crippen LogP contribution in [0.3, 0.4) is 0 Å². The minimum Gasteiger partial charge on any atom is -0.449 e. The third-order valence-corrected chi connectivity index (χ3v) is 5.23. The first-order valence-electron chi connectivity index (χ1n) is 8.37. The molecule has 0 saturated heterocycles. The van der Waals surface area contributed by atoms with Crippen LogP contribution >= 0.6 is 0 Å². The summed E-state index contributed by atoms with van der Waals surface area (Å²) in [6.07, 6.45) is 0.479. The van der Waals surface area contributed by atoms with Gasteiger partial charge in [-0.2, -0.15) is 0 Å². The Morgan fingerprint density at radius 2 is 2.08 bits per heavy atom. The van der Waals surface area contributed by atoms with Crippen LogP contribution in [-0.4, -0.2) is 30.4 Å².